The zero-order chi connectivity index (χ0) is 25.4. The van der Waals surface area contributed by atoms with E-state index in [0.29, 0.717) is 29.5 Å². The molecule has 0 fully saturated rings. The Balaban J connectivity index is 2.00. The second-order valence-corrected chi connectivity index (χ2v) is 9.38. The molecule has 186 valence electrons. The summed E-state index contributed by atoms with van der Waals surface area (Å²) in [7, 11) is -1.25. The van der Waals surface area contributed by atoms with Crippen molar-refractivity contribution in [1.82, 2.24) is 0 Å². The van der Waals surface area contributed by atoms with Crippen LogP contribution in [-0.2, 0) is 21.2 Å². The van der Waals surface area contributed by atoms with Crippen LogP contribution in [0.5, 0.6) is 17.2 Å². The van der Waals surface area contributed by atoms with Crippen LogP contribution in [0.1, 0.15) is 19.4 Å². The SMILES string of the molecule is CCOc1ccc(N(CC(=O)Nc2ccccc2CC)S(=O)(=O)c2ccc(OC)c(OC)c2)cc1. The third kappa shape index (κ3) is 6.05. The van der Waals surface area contributed by atoms with Crippen LogP contribution in [0.2, 0.25) is 0 Å². The number of rotatable bonds is 11. The van der Waals surface area contributed by atoms with Crippen LogP contribution in [0, 0.1) is 0 Å². The molecule has 0 heterocycles. The molecule has 35 heavy (non-hydrogen) atoms. The molecule has 0 atom stereocenters. The van der Waals surface area contributed by atoms with E-state index in [1.807, 2.05) is 32.0 Å². The van der Waals surface area contributed by atoms with Crippen molar-refractivity contribution in [1.29, 1.82) is 0 Å². The molecule has 3 aromatic carbocycles. The van der Waals surface area contributed by atoms with Gasteiger partial charge in [-0.05, 0) is 61.4 Å². The van der Waals surface area contributed by atoms with Gasteiger partial charge in [-0.25, -0.2) is 8.42 Å². The lowest BCUT2D eigenvalue weighted by atomic mass is 10.1. The average molecular weight is 499 g/mol. The van der Waals surface area contributed by atoms with Crippen LogP contribution in [0.15, 0.2) is 71.6 Å². The molecule has 0 bridgehead atoms. The third-order valence-corrected chi connectivity index (χ3v) is 7.11. The van der Waals surface area contributed by atoms with Gasteiger partial charge in [0.05, 0.1) is 31.4 Å². The predicted octanol–water partition coefficient (Wildman–Crippen LogP) is 4.50. The number of amides is 1. The van der Waals surface area contributed by atoms with Crippen LogP contribution < -0.4 is 23.8 Å². The largest absolute Gasteiger partial charge is 0.494 e. The molecular formula is C26H30N2O6S. The summed E-state index contributed by atoms with van der Waals surface area (Å²) in [5.74, 6) is 0.791. The number of carbonyl (C=O) groups is 1. The van der Waals surface area contributed by atoms with Crippen molar-refractivity contribution in [3.8, 4) is 17.2 Å². The summed E-state index contributed by atoms with van der Waals surface area (Å²) in [6.07, 6.45) is 0.725. The van der Waals surface area contributed by atoms with E-state index in [9.17, 15) is 13.2 Å². The summed E-state index contributed by atoms with van der Waals surface area (Å²) in [6.45, 7) is 3.90. The van der Waals surface area contributed by atoms with Crippen LogP contribution >= 0.6 is 0 Å². The second kappa shape index (κ2) is 11.6. The van der Waals surface area contributed by atoms with Crippen molar-refractivity contribution >= 4 is 27.3 Å². The van der Waals surface area contributed by atoms with Crippen LogP contribution in [0.3, 0.4) is 0 Å². The molecule has 0 aliphatic rings. The van der Waals surface area contributed by atoms with Gasteiger partial charge in [0, 0.05) is 11.8 Å². The highest BCUT2D eigenvalue weighted by Gasteiger charge is 2.28. The predicted molar refractivity (Wildman–Crippen MR) is 136 cm³/mol. The first-order valence-electron chi connectivity index (χ1n) is 11.2. The minimum absolute atomic E-state index is 0.0363. The Labute approximate surface area is 206 Å². The van der Waals surface area contributed by atoms with Gasteiger partial charge < -0.3 is 19.5 Å². The maximum absolute atomic E-state index is 13.7. The lowest BCUT2D eigenvalue weighted by molar-refractivity contribution is -0.114. The van der Waals surface area contributed by atoms with E-state index in [4.69, 9.17) is 14.2 Å². The normalized spacial score (nSPS) is 11.0. The number of ether oxygens (including phenoxy) is 3. The quantitative estimate of drug-likeness (QED) is 0.418. The Hall–Kier alpha value is -3.72. The Morgan fingerprint density at radius 1 is 0.914 bits per heavy atom. The van der Waals surface area contributed by atoms with Gasteiger partial charge in [0.15, 0.2) is 11.5 Å². The maximum Gasteiger partial charge on any atom is 0.264 e. The zero-order valence-corrected chi connectivity index (χ0v) is 21.1. The molecular weight excluding hydrogens is 468 g/mol. The highest BCUT2D eigenvalue weighted by atomic mass is 32.2. The Bertz CT molecular complexity index is 1260. The average Bonchev–Trinajstić information content (AvgIpc) is 2.87. The number of nitrogens with one attached hydrogen (secondary N) is 1. The Morgan fingerprint density at radius 3 is 2.23 bits per heavy atom. The summed E-state index contributed by atoms with van der Waals surface area (Å²) in [4.78, 5) is 13.0. The van der Waals surface area contributed by atoms with E-state index in [1.54, 1.807) is 30.3 Å². The number of aryl methyl sites for hydroxylation is 1. The van der Waals surface area contributed by atoms with Crippen molar-refractivity contribution in [3.63, 3.8) is 0 Å². The number of methoxy groups -OCH3 is 2. The summed E-state index contributed by atoms with van der Waals surface area (Å²) in [6, 6.07) is 18.3. The summed E-state index contributed by atoms with van der Waals surface area (Å²) in [5, 5.41) is 2.84. The van der Waals surface area contributed by atoms with Gasteiger partial charge in [-0.2, -0.15) is 0 Å². The zero-order valence-electron chi connectivity index (χ0n) is 20.3. The number of para-hydroxylation sites is 1. The van der Waals surface area contributed by atoms with Gasteiger partial charge >= 0.3 is 0 Å². The van der Waals surface area contributed by atoms with E-state index in [0.717, 1.165) is 16.3 Å². The monoisotopic (exact) mass is 498 g/mol. The number of nitrogens with zero attached hydrogens (tertiary/aromatic N) is 1. The molecule has 1 N–H and O–H groups in total. The van der Waals surface area contributed by atoms with Crippen molar-refractivity contribution in [2.45, 2.75) is 25.2 Å². The van der Waals surface area contributed by atoms with Gasteiger partial charge in [0.2, 0.25) is 5.91 Å². The first kappa shape index (κ1) is 25.9. The van der Waals surface area contributed by atoms with Gasteiger partial charge in [0.25, 0.3) is 10.0 Å². The fraction of sp³-hybridized carbons (Fsp3) is 0.269. The highest BCUT2D eigenvalue weighted by Crippen LogP contribution is 2.32. The number of hydrogen-bond donors (Lipinski definition) is 1. The molecule has 0 aromatic heterocycles. The van der Waals surface area contributed by atoms with E-state index >= 15 is 0 Å². The number of carbonyl (C=O) groups excluding carboxylic acids is 1. The molecule has 0 aliphatic heterocycles. The van der Waals surface area contributed by atoms with Crippen molar-refractivity contribution < 1.29 is 27.4 Å². The van der Waals surface area contributed by atoms with Crippen LogP contribution in [0.4, 0.5) is 11.4 Å². The lowest BCUT2D eigenvalue weighted by Gasteiger charge is -2.25. The molecule has 1 amide bonds. The van der Waals surface area contributed by atoms with Crippen molar-refractivity contribution in [2.75, 3.05) is 37.0 Å². The van der Waals surface area contributed by atoms with Gasteiger partial charge in [-0.15, -0.1) is 0 Å². The summed E-state index contributed by atoms with van der Waals surface area (Å²) in [5.41, 5.74) is 1.92. The Morgan fingerprint density at radius 2 is 1.60 bits per heavy atom. The summed E-state index contributed by atoms with van der Waals surface area (Å²) >= 11 is 0. The molecule has 0 aliphatic carbocycles. The van der Waals surface area contributed by atoms with E-state index in [-0.39, 0.29) is 10.6 Å². The number of anilines is 2. The minimum Gasteiger partial charge on any atom is -0.494 e. The molecule has 0 unspecified atom stereocenters. The molecule has 9 heteroatoms. The van der Waals surface area contributed by atoms with Gasteiger partial charge in [-0.1, -0.05) is 25.1 Å². The van der Waals surface area contributed by atoms with Crippen molar-refractivity contribution in [2.24, 2.45) is 0 Å². The number of benzene rings is 3. The second-order valence-electron chi connectivity index (χ2n) is 7.51. The first-order chi connectivity index (χ1) is 16.8. The maximum atomic E-state index is 13.7. The first-order valence-corrected chi connectivity index (χ1v) is 12.6. The lowest BCUT2D eigenvalue weighted by Crippen LogP contribution is -2.38. The van der Waals surface area contributed by atoms with E-state index in [1.165, 1.54) is 32.4 Å². The molecule has 3 rings (SSSR count). The molecule has 0 spiro atoms. The van der Waals surface area contributed by atoms with Gasteiger partial charge in [-0.3, -0.25) is 9.10 Å². The molecule has 8 nitrogen and oxygen atoms in total. The minimum atomic E-state index is -4.14. The fourth-order valence-electron chi connectivity index (χ4n) is 3.57. The topological polar surface area (TPSA) is 94.2 Å². The van der Waals surface area contributed by atoms with Gasteiger partial charge in [0.1, 0.15) is 12.3 Å². The van der Waals surface area contributed by atoms with Crippen molar-refractivity contribution in [3.05, 3.63) is 72.3 Å². The molecule has 0 radical (unpaired) electrons. The van der Waals surface area contributed by atoms with Crippen LogP contribution in [0.25, 0.3) is 0 Å². The molecule has 3 aromatic rings. The number of hydrogen-bond acceptors (Lipinski definition) is 6. The number of sulfonamides is 1. The standard InChI is InChI=1S/C26H30N2O6S/c1-5-19-9-7-8-10-23(19)27-26(29)18-28(20-11-13-21(14-12-20)34-6-2)35(30,31)22-15-16-24(32-3)25(17-22)33-4/h7-17H,5-6,18H2,1-4H3,(H,27,29). The third-order valence-electron chi connectivity index (χ3n) is 5.34. The molecule has 0 saturated carbocycles. The Kier molecular flexibility index (Phi) is 8.59. The van der Waals surface area contributed by atoms with E-state index < -0.39 is 22.5 Å². The molecule has 0 saturated heterocycles. The van der Waals surface area contributed by atoms with Crippen LogP contribution in [-0.4, -0.2) is 41.7 Å². The smallest absolute Gasteiger partial charge is 0.264 e. The summed E-state index contributed by atoms with van der Waals surface area (Å²) < 4.78 is 44.5. The fourth-order valence-corrected chi connectivity index (χ4v) is 5.00. The van der Waals surface area contributed by atoms with E-state index in [2.05, 4.69) is 5.32 Å². The highest BCUT2D eigenvalue weighted by molar-refractivity contribution is 7.92.